The summed E-state index contributed by atoms with van der Waals surface area (Å²) >= 11 is 0. The van der Waals surface area contributed by atoms with Gasteiger partial charge in [-0.25, -0.2) is 4.99 Å². The fourth-order valence-electron chi connectivity index (χ4n) is 3.08. The van der Waals surface area contributed by atoms with Crippen LogP contribution in [-0.2, 0) is 26.1 Å². The van der Waals surface area contributed by atoms with E-state index in [2.05, 4.69) is 82.3 Å². The zero-order valence-corrected chi connectivity index (χ0v) is 17.8. The van der Waals surface area contributed by atoms with Gasteiger partial charge in [0, 0.05) is 32.6 Å². The molecule has 0 radical (unpaired) electrons. The summed E-state index contributed by atoms with van der Waals surface area (Å²) in [5.41, 5.74) is 2.57. The first-order valence-electron chi connectivity index (χ1n) is 10.4. The second-order valence-electron chi connectivity index (χ2n) is 6.70. The lowest BCUT2D eigenvalue weighted by atomic mass is 10.1. The first-order valence-corrected chi connectivity index (χ1v) is 10.4. The number of aromatic nitrogens is 3. The molecule has 1 aromatic carbocycles. The van der Waals surface area contributed by atoms with E-state index in [9.17, 15) is 0 Å². The van der Waals surface area contributed by atoms with Gasteiger partial charge in [0.1, 0.15) is 12.2 Å². The van der Waals surface area contributed by atoms with E-state index in [1.807, 2.05) is 0 Å². The molecule has 0 aliphatic carbocycles. The highest BCUT2D eigenvalue weighted by atomic mass is 15.3. The summed E-state index contributed by atoms with van der Waals surface area (Å²) in [4.78, 5) is 7.17. The minimum atomic E-state index is 0.661. The summed E-state index contributed by atoms with van der Waals surface area (Å²) in [5.74, 6) is 1.84. The molecule has 1 heterocycles. The number of rotatable bonds is 11. The van der Waals surface area contributed by atoms with Gasteiger partial charge in [0.15, 0.2) is 5.96 Å². The molecule has 7 nitrogen and oxygen atoms in total. The smallest absolute Gasteiger partial charge is 0.191 e. The first-order chi connectivity index (χ1) is 13.7. The lowest BCUT2D eigenvalue weighted by Gasteiger charge is -2.18. The van der Waals surface area contributed by atoms with Gasteiger partial charge in [-0.05, 0) is 31.1 Å². The molecule has 2 N–H and O–H groups in total. The molecule has 0 aliphatic rings. The normalized spacial score (nSPS) is 11.8. The molecule has 0 aliphatic heterocycles. The molecule has 0 saturated heterocycles. The Morgan fingerprint density at radius 2 is 1.89 bits per heavy atom. The second kappa shape index (κ2) is 12.1. The van der Waals surface area contributed by atoms with Crippen LogP contribution in [-0.4, -0.2) is 51.8 Å². The van der Waals surface area contributed by atoms with E-state index in [1.165, 1.54) is 11.1 Å². The molecule has 2 aromatic rings. The Kier molecular flexibility index (Phi) is 9.48. The van der Waals surface area contributed by atoms with Crippen LogP contribution in [0.5, 0.6) is 0 Å². The quantitative estimate of drug-likeness (QED) is 0.459. The fraction of sp³-hybridized carbons (Fsp3) is 0.571. The van der Waals surface area contributed by atoms with Gasteiger partial charge in [0.05, 0.1) is 6.54 Å². The molecule has 0 unspecified atom stereocenters. The highest BCUT2D eigenvalue weighted by Gasteiger charge is 2.04. The van der Waals surface area contributed by atoms with Crippen molar-refractivity contribution < 1.29 is 0 Å². The minimum absolute atomic E-state index is 0.661. The number of nitrogens with zero attached hydrogens (tertiary/aromatic N) is 5. The molecule has 28 heavy (non-hydrogen) atoms. The number of benzene rings is 1. The van der Waals surface area contributed by atoms with Crippen molar-refractivity contribution in [3.63, 3.8) is 0 Å². The van der Waals surface area contributed by atoms with Gasteiger partial charge in [0.25, 0.3) is 0 Å². The van der Waals surface area contributed by atoms with Crippen molar-refractivity contribution in [2.75, 3.05) is 26.2 Å². The Labute approximate surface area is 169 Å². The molecule has 0 atom stereocenters. The predicted octanol–water partition coefficient (Wildman–Crippen LogP) is 2.44. The number of aliphatic imine (C=N–C) groups is 1. The maximum atomic E-state index is 4.75. The van der Waals surface area contributed by atoms with E-state index in [0.717, 1.165) is 57.5 Å². The van der Waals surface area contributed by atoms with E-state index >= 15 is 0 Å². The van der Waals surface area contributed by atoms with Gasteiger partial charge in [-0.3, -0.25) is 4.90 Å². The van der Waals surface area contributed by atoms with Crippen molar-refractivity contribution >= 4 is 5.96 Å². The van der Waals surface area contributed by atoms with Crippen LogP contribution in [0.2, 0.25) is 0 Å². The van der Waals surface area contributed by atoms with Crippen LogP contribution in [0, 0.1) is 0 Å². The van der Waals surface area contributed by atoms with Crippen LogP contribution in [0.1, 0.15) is 44.6 Å². The Morgan fingerprint density at radius 1 is 1.11 bits per heavy atom. The second-order valence-corrected chi connectivity index (χ2v) is 6.70. The van der Waals surface area contributed by atoms with E-state index < -0.39 is 0 Å². The summed E-state index contributed by atoms with van der Waals surface area (Å²) in [6.45, 7) is 14.8. The third kappa shape index (κ3) is 6.96. The lowest BCUT2D eigenvalue weighted by molar-refractivity contribution is 0.296. The maximum absolute atomic E-state index is 4.75. The number of hydrogen-bond acceptors (Lipinski definition) is 4. The van der Waals surface area contributed by atoms with Gasteiger partial charge in [-0.1, -0.05) is 45.0 Å². The Balaban J connectivity index is 1.92. The number of hydrogen-bond donors (Lipinski definition) is 2. The highest BCUT2D eigenvalue weighted by Crippen LogP contribution is 2.09. The summed E-state index contributed by atoms with van der Waals surface area (Å²) in [6, 6.07) is 8.72. The minimum Gasteiger partial charge on any atom is -0.357 e. The third-order valence-corrected chi connectivity index (χ3v) is 4.71. The molecule has 0 saturated carbocycles. The maximum Gasteiger partial charge on any atom is 0.191 e. The molecule has 0 fully saturated rings. The molecule has 2 rings (SSSR count). The van der Waals surface area contributed by atoms with E-state index in [0.29, 0.717) is 6.54 Å². The van der Waals surface area contributed by atoms with Crippen LogP contribution < -0.4 is 10.6 Å². The topological polar surface area (TPSA) is 70.4 Å². The van der Waals surface area contributed by atoms with E-state index in [1.54, 1.807) is 6.33 Å². The first kappa shape index (κ1) is 21.9. The monoisotopic (exact) mass is 385 g/mol. The van der Waals surface area contributed by atoms with E-state index in [4.69, 9.17) is 4.99 Å². The van der Waals surface area contributed by atoms with Crippen molar-refractivity contribution in [2.24, 2.45) is 4.99 Å². The van der Waals surface area contributed by atoms with Gasteiger partial charge >= 0.3 is 0 Å². The van der Waals surface area contributed by atoms with Crippen LogP contribution in [0.4, 0.5) is 0 Å². The average molecular weight is 386 g/mol. The summed E-state index contributed by atoms with van der Waals surface area (Å²) in [7, 11) is 0. The number of nitrogens with one attached hydrogen (secondary N) is 2. The Morgan fingerprint density at radius 3 is 2.61 bits per heavy atom. The predicted molar refractivity (Wildman–Crippen MR) is 115 cm³/mol. The van der Waals surface area contributed by atoms with Crippen LogP contribution >= 0.6 is 0 Å². The molecule has 7 heteroatoms. The fourth-order valence-corrected chi connectivity index (χ4v) is 3.08. The summed E-state index contributed by atoms with van der Waals surface area (Å²) in [5, 5.41) is 14.8. The Hall–Kier alpha value is -2.41. The SMILES string of the molecule is CCNC(=NCc1cccc(CN(CC)CC)c1)NCCn1cnnc1CC. The third-order valence-electron chi connectivity index (χ3n) is 4.71. The Bertz CT molecular complexity index is 719. The summed E-state index contributed by atoms with van der Waals surface area (Å²) < 4.78 is 2.08. The standard InChI is InChI=1S/C21H35N7/c1-5-20-26-25-17-28(20)13-12-23-21(22-6-2)24-15-18-10-9-11-19(14-18)16-27(7-3)8-4/h9-11,14,17H,5-8,12-13,15-16H2,1-4H3,(H2,22,23,24). The molecule has 0 bridgehead atoms. The van der Waals surface area contributed by atoms with Gasteiger partial charge in [-0.2, -0.15) is 0 Å². The highest BCUT2D eigenvalue weighted by molar-refractivity contribution is 5.79. The largest absolute Gasteiger partial charge is 0.357 e. The lowest BCUT2D eigenvalue weighted by Crippen LogP contribution is -2.38. The molecule has 0 spiro atoms. The molecule has 0 amide bonds. The van der Waals surface area contributed by atoms with Crippen molar-refractivity contribution in [3.8, 4) is 0 Å². The van der Waals surface area contributed by atoms with Gasteiger partial charge in [-0.15, -0.1) is 10.2 Å². The van der Waals surface area contributed by atoms with Crippen molar-refractivity contribution in [1.82, 2.24) is 30.3 Å². The van der Waals surface area contributed by atoms with Crippen molar-refractivity contribution in [3.05, 3.63) is 47.5 Å². The van der Waals surface area contributed by atoms with Crippen LogP contribution in [0.3, 0.4) is 0 Å². The van der Waals surface area contributed by atoms with Crippen molar-refractivity contribution in [2.45, 2.75) is 53.8 Å². The number of guanidine groups is 1. The van der Waals surface area contributed by atoms with E-state index in [-0.39, 0.29) is 0 Å². The average Bonchev–Trinajstić information content (AvgIpc) is 3.18. The van der Waals surface area contributed by atoms with Crippen LogP contribution in [0.15, 0.2) is 35.6 Å². The van der Waals surface area contributed by atoms with Crippen molar-refractivity contribution in [1.29, 1.82) is 0 Å². The van der Waals surface area contributed by atoms with Gasteiger partial charge < -0.3 is 15.2 Å². The van der Waals surface area contributed by atoms with Gasteiger partial charge in [0.2, 0.25) is 0 Å². The molecular weight excluding hydrogens is 350 g/mol. The zero-order valence-electron chi connectivity index (χ0n) is 17.8. The molecular formula is C21H35N7. The molecule has 154 valence electrons. The van der Waals surface area contributed by atoms with Crippen LogP contribution in [0.25, 0.3) is 0 Å². The zero-order chi connectivity index (χ0) is 20.2. The summed E-state index contributed by atoms with van der Waals surface area (Å²) in [6.07, 6.45) is 2.67. The molecule has 1 aromatic heterocycles. The number of aryl methyl sites for hydroxylation is 1.